The summed E-state index contributed by atoms with van der Waals surface area (Å²) in [5.74, 6) is 0.780. The lowest BCUT2D eigenvalue weighted by molar-refractivity contribution is 0.590. The van der Waals surface area contributed by atoms with Gasteiger partial charge in [-0.15, -0.1) is 11.3 Å². The number of thiophene rings is 1. The smallest absolute Gasteiger partial charge is 0.260 e. The molecule has 0 bridgehead atoms. The van der Waals surface area contributed by atoms with Gasteiger partial charge >= 0.3 is 0 Å². The molecule has 0 saturated heterocycles. The van der Waals surface area contributed by atoms with E-state index in [1.54, 1.807) is 23.1 Å². The predicted octanol–water partition coefficient (Wildman–Crippen LogP) is 7.12. The highest BCUT2D eigenvalue weighted by atomic mass is 32.2. The van der Waals surface area contributed by atoms with E-state index in [0.717, 1.165) is 28.1 Å². The van der Waals surface area contributed by atoms with Crippen molar-refractivity contribution in [3.05, 3.63) is 80.5 Å². The van der Waals surface area contributed by atoms with Crippen LogP contribution in [0.1, 0.15) is 55.9 Å². The third-order valence-corrected chi connectivity index (χ3v) is 8.09. The van der Waals surface area contributed by atoms with Crippen LogP contribution in [0.15, 0.2) is 57.8 Å². The zero-order chi connectivity index (χ0) is 22.3. The van der Waals surface area contributed by atoms with Crippen LogP contribution in [0.5, 0.6) is 0 Å². The second-order valence-corrected chi connectivity index (χ2v) is 11.4. The summed E-state index contributed by atoms with van der Waals surface area (Å²) >= 11 is 3.14. The van der Waals surface area contributed by atoms with Crippen molar-refractivity contribution in [3.63, 3.8) is 0 Å². The molecule has 0 atom stereocenters. The number of aromatic amines is 1. The Kier molecular flexibility index (Phi) is 5.72. The standard InChI is InChI=1S/C27H28N2OS2/c1-27(2,3)21-12-8-17(9-13-21)15-32-26-28-24(30)23-22(16-31-25(23)29-26)20-11-10-18-6-4-5-7-19(18)14-20/h8-14,16H,4-7,15H2,1-3H3,(H,28,29,30). The molecular weight excluding hydrogens is 432 g/mol. The fraction of sp³-hybridized carbons (Fsp3) is 0.333. The lowest BCUT2D eigenvalue weighted by Crippen LogP contribution is -2.10. The maximum atomic E-state index is 13.0. The SMILES string of the molecule is CC(C)(C)c1ccc(CSc2nc3scc(-c4ccc5c(c4)CCCC5)c3c(=O)[nH]2)cc1. The number of nitrogens with one attached hydrogen (secondary N) is 1. The van der Waals surface area contributed by atoms with Gasteiger partial charge in [0.05, 0.1) is 5.39 Å². The Morgan fingerprint density at radius 2 is 1.78 bits per heavy atom. The second kappa shape index (κ2) is 8.53. The molecule has 5 rings (SSSR count). The number of H-pyrrole nitrogens is 1. The molecule has 0 aliphatic heterocycles. The van der Waals surface area contributed by atoms with E-state index in [9.17, 15) is 4.79 Å². The first-order valence-corrected chi connectivity index (χ1v) is 13.1. The number of nitrogens with zero attached hydrogens (tertiary/aromatic N) is 1. The number of aryl methyl sites for hydroxylation is 2. The fourth-order valence-electron chi connectivity index (χ4n) is 4.36. The van der Waals surface area contributed by atoms with Crippen molar-refractivity contribution in [1.29, 1.82) is 0 Å². The van der Waals surface area contributed by atoms with Crippen molar-refractivity contribution in [2.75, 3.05) is 0 Å². The minimum absolute atomic E-state index is 0.0467. The van der Waals surface area contributed by atoms with E-state index in [0.29, 0.717) is 10.5 Å². The van der Waals surface area contributed by atoms with E-state index < -0.39 is 0 Å². The monoisotopic (exact) mass is 460 g/mol. The average molecular weight is 461 g/mol. The first-order chi connectivity index (χ1) is 15.4. The van der Waals surface area contributed by atoms with Crippen LogP contribution in [0.25, 0.3) is 21.3 Å². The number of fused-ring (bicyclic) bond motifs is 2. The molecule has 4 aromatic rings. The minimum atomic E-state index is -0.0467. The van der Waals surface area contributed by atoms with Crippen molar-refractivity contribution in [3.8, 4) is 11.1 Å². The van der Waals surface area contributed by atoms with E-state index in [-0.39, 0.29) is 11.0 Å². The van der Waals surface area contributed by atoms with E-state index >= 15 is 0 Å². The first kappa shape index (κ1) is 21.5. The van der Waals surface area contributed by atoms with Gasteiger partial charge in [-0.25, -0.2) is 4.98 Å². The van der Waals surface area contributed by atoms with Crippen LogP contribution in [0.2, 0.25) is 0 Å². The molecule has 0 unspecified atom stereocenters. The van der Waals surface area contributed by atoms with Crippen molar-refractivity contribution in [1.82, 2.24) is 9.97 Å². The van der Waals surface area contributed by atoms with Gasteiger partial charge in [-0.3, -0.25) is 4.79 Å². The number of thioether (sulfide) groups is 1. The van der Waals surface area contributed by atoms with Gasteiger partial charge in [0, 0.05) is 16.7 Å². The fourth-order valence-corrected chi connectivity index (χ4v) is 6.19. The lowest BCUT2D eigenvalue weighted by atomic mass is 9.87. The van der Waals surface area contributed by atoms with Gasteiger partial charge in [0.15, 0.2) is 5.16 Å². The van der Waals surface area contributed by atoms with Crippen LogP contribution < -0.4 is 5.56 Å². The van der Waals surface area contributed by atoms with Crippen LogP contribution in [0.3, 0.4) is 0 Å². The molecule has 5 heteroatoms. The molecule has 0 spiro atoms. The van der Waals surface area contributed by atoms with Crippen LogP contribution in [0, 0.1) is 0 Å². The van der Waals surface area contributed by atoms with Crippen LogP contribution in [-0.4, -0.2) is 9.97 Å². The summed E-state index contributed by atoms with van der Waals surface area (Å²) in [6.07, 6.45) is 4.83. The predicted molar refractivity (Wildman–Crippen MR) is 137 cm³/mol. The highest BCUT2D eigenvalue weighted by molar-refractivity contribution is 7.98. The van der Waals surface area contributed by atoms with E-state index in [1.807, 2.05) is 0 Å². The maximum absolute atomic E-state index is 13.0. The molecule has 1 aliphatic rings. The Balaban J connectivity index is 1.39. The van der Waals surface area contributed by atoms with E-state index in [2.05, 4.69) is 73.6 Å². The van der Waals surface area contributed by atoms with Gasteiger partial charge in [0.25, 0.3) is 5.56 Å². The largest absolute Gasteiger partial charge is 0.301 e. The Labute approximate surface area is 197 Å². The molecular formula is C27H28N2OS2. The van der Waals surface area contributed by atoms with Gasteiger partial charge < -0.3 is 4.98 Å². The van der Waals surface area contributed by atoms with Crippen molar-refractivity contribution < 1.29 is 0 Å². The molecule has 2 aromatic carbocycles. The number of hydrogen-bond acceptors (Lipinski definition) is 4. The normalized spacial score (nSPS) is 14.0. The Hall–Kier alpha value is -2.37. The zero-order valence-corrected chi connectivity index (χ0v) is 20.5. The third kappa shape index (κ3) is 4.28. The summed E-state index contributed by atoms with van der Waals surface area (Å²) < 4.78 is 0. The molecule has 3 nitrogen and oxygen atoms in total. The number of rotatable bonds is 4. The van der Waals surface area contributed by atoms with Gasteiger partial charge in [-0.05, 0) is 58.9 Å². The quantitative estimate of drug-likeness (QED) is 0.260. The van der Waals surface area contributed by atoms with Crippen molar-refractivity contribution in [2.45, 2.75) is 62.8 Å². The number of aromatic nitrogens is 2. The molecule has 32 heavy (non-hydrogen) atoms. The van der Waals surface area contributed by atoms with Gasteiger partial charge in [-0.2, -0.15) is 0 Å². The summed E-state index contributed by atoms with van der Waals surface area (Å²) in [5.41, 5.74) is 7.68. The first-order valence-electron chi connectivity index (χ1n) is 11.2. The Morgan fingerprint density at radius 1 is 1.03 bits per heavy atom. The van der Waals surface area contributed by atoms with Gasteiger partial charge in [-0.1, -0.05) is 75.0 Å². The molecule has 0 amide bonds. The summed E-state index contributed by atoms with van der Waals surface area (Å²) in [5, 5.41) is 3.47. The van der Waals surface area contributed by atoms with Crippen molar-refractivity contribution >= 4 is 33.3 Å². The number of benzene rings is 2. The Bertz CT molecular complexity index is 1330. The highest BCUT2D eigenvalue weighted by Gasteiger charge is 2.16. The minimum Gasteiger partial charge on any atom is -0.301 e. The molecule has 2 heterocycles. The van der Waals surface area contributed by atoms with Crippen molar-refractivity contribution in [2.24, 2.45) is 0 Å². The molecule has 2 aromatic heterocycles. The molecule has 0 saturated carbocycles. The molecule has 0 fully saturated rings. The summed E-state index contributed by atoms with van der Waals surface area (Å²) in [4.78, 5) is 21.6. The number of hydrogen-bond donors (Lipinski definition) is 1. The second-order valence-electron chi connectivity index (χ2n) is 9.63. The molecule has 1 aliphatic carbocycles. The zero-order valence-electron chi connectivity index (χ0n) is 18.8. The maximum Gasteiger partial charge on any atom is 0.260 e. The average Bonchev–Trinajstić information content (AvgIpc) is 3.22. The molecule has 0 radical (unpaired) electrons. The topological polar surface area (TPSA) is 45.8 Å². The lowest BCUT2D eigenvalue weighted by Gasteiger charge is -2.19. The van der Waals surface area contributed by atoms with Gasteiger partial charge in [0.2, 0.25) is 0 Å². The van der Waals surface area contributed by atoms with Gasteiger partial charge in [0.1, 0.15) is 4.83 Å². The third-order valence-electron chi connectivity index (χ3n) is 6.28. The van der Waals surface area contributed by atoms with E-state index in [1.165, 1.54) is 41.5 Å². The summed E-state index contributed by atoms with van der Waals surface area (Å²) in [7, 11) is 0. The highest BCUT2D eigenvalue weighted by Crippen LogP contribution is 2.34. The van der Waals surface area contributed by atoms with Crippen LogP contribution >= 0.6 is 23.1 Å². The Morgan fingerprint density at radius 3 is 2.53 bits per heavy atom. The molecule has 164 valence electrons. The summed E-state index contributed by atoms with van der Waals surface area (Å²) in [6, 6.07) is 15.4. The summed E-state index contributed by atoms with van der Waals surface area (Å²) in [6.45, 7) is 6.67. The van der Waals surface area contributed by atoms with Crippen LogP contribution in [0.4, 0.5) is 0 Å². The van der Waals surface area contributed by atoms with Crippen LogP contribution in [-0.2, 0) is 24.0 Å². The van der Waals surface area contributed by atoms with E-state index in [4.69, 9.17) is 4.98 Å². The molecule has 1 N–H and O–H groups in total.